The van der Waals surface area contributed by atoms with Crippen molar-refractivity contribution in [2.45, 2.75) is 18.9 Å². The van der Waals surface area contributed by atoms with E-state index in [0.717, 1.165) is 18.9 Å². The van der Waals surface area contributed by atoms with E-state index in [0.29, 0.717) is 24.8 Å². The summed E-state index contributed by atoms with van der Waals surface area (Å²) in [5, 5.41) is 12.4. The lowest BCUT2D eigenvalue weighted by molar-refractivity contribution is -0.385. The molecule has 1 aliphatic rings. The molecule has 0 amide bonds. The van der Waals surface area contributed by atoms with E-state index < -0.39 is 10.7 Å². The van der Waals surface area contributed by atoms with Crippen LogP contribution in [0.5, 0.6) is 0 Å². The minimum atomic E-state index is -0.591. The number of nitro benzene ring substituents is 1. The summed E-state index contributed by atoms with van der Waals surface area (Å²) in [5.74, 6) is -0.544. The lowest BCUT2D eigenvalue weighted by Gasteiger charge is -2.36. The van der Waals surface area contributed by atoms with Gasteiger partial charge in [0.1, 0.15) is 0 Å². The molecule has 1 aromatic carbocycles. The van der Waals surface area contributed by atoms with Gasteiger partial charge in [-0.3, -0.25) is 10.1 Å². The van der Waals surface area contributed by atoms with Gasteiger partial charge in [-0.2, -0.15) is 5.06 Å². The standard InChI is InChI=1S/C13H18FN3O3/c1-15(20-2)10-5-7-16(8-6-10)13-4-3-11(17(18)19)9-12(13)14/h3-4,9-10H,5-8H2,1-2H3. The fourth-order valence-corrected chi connectivity index (χ4v) is 2.49. The Morgan fingerprint density at radius 1 is 1.45 bits per heavy atom. The van der Waals surface area contributed by atoms with Gasteiger partial charge in [-0.1, -0.05) is 0 Å². The second-order valence-corrected chi connectivity index (χ2v) is 4.84. The largest absolute Gasteiger partial charge is 0.369 e. The SMILES string of the molecule is CON(C)C1CCN(c2ccc([N+](=O)[O-])cc2F)CC1. The summed E-state index contributed by atoms with van der Waals surface area (Å²) >= 11 is 0. The van der Waals surface area contributed by atoms with E-state index in [2.05, 4.69) is 0 Å². The van der Waals surface area contributed by atoms with Gasteiger partial charge in [-0.25, -0.2) is 4.39 Å². The Balaban J connectivity index is 2.05. The second-order valence-electron chi connectivity index (χ2n) is 4.84. The molecule has 1 aliphatic heterocycles. The first-order valence-corrected chi connectivity index (χ1v) is 6.48. The highest BCUT2D eigenvalue weighted by atomic mass is 19.1. The van der Waals surface area contributed by atoms with Crippen molar-refractivity contribution >= 4 is 11.4 Å². The Kier molecular flexibility index (Phi) is 4.51. The smallest absolute Gasteiger partial charge is 0.272 e. The maximum atomic E-state index is 13.9. The lowest BCUT2D eigenvalue weighted by atomic mass is 10.0. The molecule has 0 saturated carbocycles. The minimum absolute atomic E-state index is 0.222. The predicted octanol–water partition coefficient (Wildman–Crippen LogP) is 2.20. The molecule has 20 heavy (non-hydrogen) atoms. The molecule has 110 valence electrons. The van der Waals surface area contributed by atoms with Crippen LogP contribution in [0.3, 0.4) is 0 Å². The molecule has 0 bridgehead atoms. The number of hydrogen-bond acceptors (Lipinski definition) is 5. The molecule has 0 spiro atoms. The zero-order valence-corrected chi connectivity index (χ0v) is 11.6. The lowest BCUT2D eigenvalue weighted by Crippen LogP contribution is -2.43. The minimum Gasteiger partial charge on any atom is -0.369 e. The number of nitro groups is 1. The highest BCUT2D eigenvalue weighted by Gasteiger charge is 2.24. The average Bonchev–Trinajstić information content (AvgIpc) is 2.46. The molecular formula is C13H18FN3O3. The van der Waals surface area contributed by atoms with Crippen LogP contribution < -0.4 is 4.90 Å². The van der Waals surface area contributed by atoms with Crippen molar-refractivity contribution in [3.05, 3.63) is 34.1 Å². The Bertz CT molecular complexity index is 490. The van der Waals surface area contributed by atoms with Crippen LogP contribution >= 0.6 is 0 Å². The van der Waals surface area contributed by atoms with Gasteiger partial charge in [0.15, 0.2) is 5.82 Å². The molecule has 6 nitrogen and oxygen atoms in total. The average molecular weight is 283 g/mol. The molecule has 1 fully saturated rings. The van der Waals surface area contributed by atoms with Crippen molar-refractivity contribution in [1.29, 1.82) is 0 Å². The Morgan fingerprint density at radius 2 is 2.10 bits per heavy atom. The van der Waals surface area contributed by atoms with E-state index in [1.165, 1.54) is 12.1 Å². The Hall–Kier alpha value is -1.73. The molecule has 0 atom stereocenters. The molecule has 7 heteroatoms. The molecule has 2 rings (SSSR count). The van der Waals surface area contributed by atoms with Crippen LogP contribution in [0.2, 0.25) is 0 Å². The van der Waals surface area contributed by atoms with Crippen LogP contribution in [0.15, 0.2) is 18.2 Å². The van der Waals surface area contributed by atoms with Gasteiger partial charge in [0.2, 0.25) is 0 Å². The van der Waals surface area contributed by atoms with Crippen molar-refractivity contribution < 1.29 is 14.2 Å². The van der Waals surface area contributed by atoms with Crippen LogP contribution in [0.4, 0.5) is 15.8 Å². The maximum absolute atomic E-state index is 13.9. The van der Waals surface area contributed by atoms with Crippen LogP contribution in [-0.2, 0) is 4.84 Å². The summed E-state index contributed by atoms with van der Waals surface area (Å²) in [5.41, 5.74) is 0.203. The van der Waals surface area contributed by atoms with E-state index in [9.17, 15) is 14.5 Å². The highest BCUT2D eigenvalue weighted by Crippen LogP contribution is 2.27. The van der Waals surface area contributed by atoms with Crippen LogP contribution in [0, 0.1) is 15.9 Å². The summed E-state index contributed by atoms with van der Waals surface area (Å²) < 4.78 is 13.9. The highest BCUT2D eigenvalue weighted by molar-refractivity contribution is 5.52. The third kappa shape index (κ3) is 3.05. The first-order valence-electron chi connectivity index (χ1n) is 6.48. The van der Waals surface area contributed by atoms with Crippen LogP contribution in [-0.4, -0.2) is 43.3 Å². The summed E-state index contributed by atoms with van der Waals surface area (Å²) in [6, 6.07) is 4.11. The van der Waals surface area contributed by atoms with Crippen molar-refractivity contribution in [1.82, 2.24) is 5.06 Å². The number of hydrogen-bond donors (Lipinski definition) is 0. The number of halogens is 1. The number of piperidine rings is 1. The van der Waals surface area contributed by atoms with Gasteiger partial charge in [0.05, 0.1) is 23.8 Å². The zero-order valence-electron chi connectivity index (χ0n) is 11.6. The summed E-state index contributed by atoms with van der Waals surface area (Å²) in [6.07, 6.45) is 1.72. The fourth-order valence-electron chi connectivity index (χ4n) is 2.49. The van der Waals surface area contributed by atoms with Gasteiger partial charge >= 0.3 is 0 Å². The maximum Gasteiger partial charge on any atom is 0.272 e. The summed E-state index contributed by atoms with van der Waals surface area (Å²) in [6.45, 7) is 1.40. The molecule has 1 heterocycles. The number of anilines is 1. The third-order valence-electron chi connectivity index (χ3n) is 3.75. The molecule has 0 aromatic heterocycles. The molecule has 0 unspecified atom stereocenters. The van der Waals surface area contributed by atoms with E-state index in [1.54, 1.807) is 7.11 Å². The van der Waals surface area contributed by atoms with Crippen molar-refractivity contribution in [2.75, 3.05) is 32.1 Å². The molecule has 0 aliphatic carbocycles. The first-order chi connectivity index (χ1) is 9.52. The molecule has 1 aromatic rings. The van der Waals surface area contributed by atoms with Crippen LogP contribution in [0.25, 0.3) is 0 Å². The monoisotopic (exact) mass is 283 g/mol. The summed E-state index contributed by atoms with van der Waals surface area (Å²) in [4.78, 5) is 17.1. The van der Waals surface area contributed by atoms with Gasteiger partial charge < -0.3 is 9.74 Å². The Morgan fingerprint density at radius 3 is 2.60 bits per heavy atom. The van der Waals surface area contributed by atoms with Crippen molar-refractivity contribution in [3.63, 3.8) is 0 Å². The first kappa shape index (κ1) is 14.7. The van der Waals surface area contributed by atoms with E-state index in [-0.39, 0.29) is 5.69 Å². The second kappa shape index (κ2) is 6.15. The molecule has 0 N–H and O–H groups in total. The van der Waals surface area contributed by atoms with Crippen molar-refractivity contribution in [2.24, 2.45) is 0 Å². The molecule has 1 saturated heterocycles. The van der Waals surface area contributed by atoms with Gasteiger partial charge in [0.25, 0.3) is 5.69 Å². The molecular weight excluding hydrogens is 265 g/mol. The number of rotatable bonds is 4. The topological polar surface area (TPSA) is 58.8 Å². The summed E-state index contributed by atoms with van der Waals surface area (Å²) in [7, 11) is 3.51. The molecule has 0 radical (unpaired) electrons. The van der Waals surface area contributed by atoms with Gasteiger partial charge in [0, 0.05) is 32.2 Å². The van der Waals surface area contributed by atoms with E-state index in [4.69, 9.17) is 4.84 Å². The quantitative estimate of drug-likeness (QED) is 0.626. The normalized spacial score (nSPS) is 16.7. The number of nitrogens with zero attached hydrogens (tertiary/aromatic N) is 3. The van der Waals surface area contributed by atoms with Crippen molar-refractivity contribution in [3.8, 4) is 0 Å². The number of hydroxylamine groups is 2. The van der Waals surface area contributed by atoms with Gasteiger partial charge in [-0.05, 0) is 18.9 Å². The number of non-ortho nitro benzene ring substituents is 1. The van der Waals surface area contributed by atoms with E-state index in [1.807, 2.05) is 17.0 Å². The van der Waals surface area contributed by atoms with E-state index >= 15 is 0 Å². The third-order valence-corrected chi connectivity index (χ3v) is 3.75. The predicted molar refractivity (Wildman–Crippen MR) is 73.1 cm³/mol. The van der Waals surface area contributed by atoms with Crippen LogP contribution in [0.1, 0.15) is 12.8 Å². The fraction of sp³-hybridized carbons (Fsp3) is 0.538. The Labute approximate surface area is 116 Å². The number of benzene rings is 1. The zero-order chi connectivity index (χ0) is 14.7. The van der Waals surface area contributed by atoms with Gasteiger partial charge in [-0.15, -0.1) is 0 Å².